The number of thiocarbonyl (C=S) groups is 1. The molecule has 1 aromatic rings. The molecule has 0 atom stereocenters. The van der Waals surface area contributed by atoms with Crippen molar-refractivity contribution in [3.63, 3.8) is 0 Å². The molecule has 0 aliphatic rings. The second-order valence-electron chi connectivity index (χ2n) is 2.64. The Bertz CT molecular complexity index is 264. The molecule has 0 saturated carbocycles. The van der Waals surface area contributed by atoms with Gasteiger partial charge in [0.25, 0.3) is 0 Å². The van der Waals surface area contributed by atoms with Crippen LogP contribution < -0.4 is 4.46 Å². The molecule has 0 fully saturated rings. The molecule has 0 amide bonds. The maximum atomic E-state index is 5.20. The van der Waals surface area contributed by atoms with Gasteiger partial charge in [-0.05, 0) is 0 Å². The molecule has 0 saturated heterocycles. The fraction of sp³-hybridized carbons (Fsp3) is 0.300. The van der Waals surface area contributed by atoms with E-state index >= 15 is 0 Å². The summed E-state index contributed by atoms with van der Waals surface area (Å²) < 4.78 is 2.59. The first-order valence-electron chi connectivity index (χ1n) is 3.99. The molecule has 0 N–H and O–H groups in total. The van der Waals surface area contributed by atoms with E-state index in [1.807, 2.05) is 0 Å². The molecule has 0 heterocycles. The van der Waals surface area contributed by atoms with Gasteiger partial charge in [-0.25, -0.2) is 0 Å². The van der Waals surface area contributed by atoms with Crippen molar-refractivity contribution in [1.29, 1.82) is 0 Å². The second-order valence-corrected chi connectivity index (χ2v) is 6.17. The van der Waals surface area contributed by atoms with Crippen LogP contribution in [0.15, 0.2) is 24.3 Å². The SMILES string of the molecule is CCC(=S)[Se]c1ccc(C)cc1. The molecule has 0 aliphatic carbocycles. The normalized spacial score (nSPS) is 9.83. The summed E-state index contributed by atoms with van der Waals surface area (Å²) in [4.78, 5) is 0. The van der Waals surface area contributed by atoms with Crippen LogP contribution in [0.3, 0.4) is 0 Å². The first-order chi connectivity index (χ1) is 5.72. The Morgan fingerprint density at radius 1 is 1.33 bits per heavy atom. The van der Waals surface area contributed by atoms with Crippen LogP contribution in [0.1, 0.15) is 18.9 Å². The molecule has 0 nitrogen and oxygen atoms in total. The zero-order chi connectivity index (χ0) is 8.97. The van der Waals surface area contributed by atoms with Gasteiger partial charge in [-0.3, -0.25) is 0 Å². The molecular formula is C10H12SSe. The fourth-order valence-corrected chi connectivity index (χ4v) is 2.74. The molecular weight excluding hydrogens is 231 g/mol. The zero-order valence-corrected chi connectivity index (χ0v) is 9.86. The van der Waals surface area contributed by atoms with Gasteiger partial charge in [-0.1, -0.05) is 0 Å². The Morgan fingerprint density at radius 2 is 1.92 bits per heavy atom. The molecule has 2 heteroatoms. The fourth-order valence-electron chi connectivity index (χ4n) is 0.810. The summed E-state index contributed by atoms with van der Waals surface area (Å²) in [6.45, 7) is 4.23. The quantitative estimate of drug-likeness (QED) is 0.578. The molecule has 0 aromatic heterocycles. The Labute approximate surface area is 85.5 Å². The van der Waals surface area contributed by atoms with Crippen molar-refractivity contribution in [3.8, 4) is 0 Å². The first kappa shape index (κ1) is 9.91. The van der Waals surface area contributed by atoms with Gasteiger partial charge in [0.2, 0.25) is 0 Å². The Kier molecular flexibility index (Phi) is 3.93. The minimum atomic E-state index is 0.401. The summed E-state index contributed by atoms with van der Waals surface area (Å²) in [5, 5.41) is 0. The molecule has 0 radical (unpaired) electrons. The zero-order valence-electron chi connectivity index (χ0n) is 7.33. The van der Waals surface area contributed by atoms with Crippen LogP contribution in [0.5, 0.6) is 0 Å². The third kappa shape index (κ3) is 3.06. The van der Waals surface area contributed by atoms with Gasteiger partial charge in [-0.2, -0.15) is 0 Å². The average Bonchev–Trinajstić information content (AvgIpc) is 2.09. The van der Waals surface area contributed by atoms with E-state index in [9.17, 15) is 0 Å². The van der Waals surface area contributed by atoms with E-state index in [1.54, 1.807) is 0 Å². The van der Waals surface area contributed by atoms with Gasteiger partial charge >= 0.3 is 85.5 Å². The van der Waals surface area contributed by atoms with Gasteiger partial charge in [-0.15, -0.1) is 0 Å². The molecule has 0 unspecified atom stereocenters. The van der Waals surface area contributed by atoms with Gasteiger partial charge in [0, 0.05) is 0 Å². The van der Waals surface area contributed by atoms with E-state index in [-0.39, 0.29) is 0 Å². The van der Waals surface area contributed by atoms with Crippen molar-refractivity contribution >= 4 is 35.4 Å². The van der Waals surface area contributed by atoms with Crippen LogP contribution in [0.4, 0.5) is 0 Å². The predicted molar refractivity (Wildman–Crippen MR) is 59.5 cm³/mol. The summed E-state index contributed by atoms with van der Waals surface area (Å²) in [7, 11) is 0. The Morgan fingerprint density at radius 3 is 2.42 bits per heavy atom. The van der Waals surface area contributed by atoms with Gasteiger partial charge in [0.05, 0.1) is 0 Å². The van der Waals surface area contributed by atoms with Crippen LogP contribution in [0.25, 0.3) is 0 Å². The Balaban J connectivity index is 2.64. The van der Waals surface area contributed by atoms with Crippen LogP contribution >= 0.6 is 12.2 Å². The van der Waals surface area contributed by atoms with Crippen LogP contribution in [0.2, 0.25) is 0 Å². The van der Waals surface area contributed by atoms with Crippen LogP contribution in [-0.2, 0) is 0 Å². The molecule has 0 spiro atoms. The molecule has 12 heavy (non-hydrogen) atoms. The number of benzene rings is 1. The van der Waals surface area contributed by atoms with E-state index in [1.165, 1.54) is 13.8 Å². The van der Waals surface area contributed by atoms with E-state index in [2.05, 4.69) is 38.1 Å². The topological polar surface area (TPSA) is 0 Å². The number of hydrogen-bond donors (Lipinski definition) is 0. The van der Waals surface area contributed by atoms with Crippen LogP contribution in [-0.4, -0.2) is 18.7 Å². The Hall–Kier alpha value is -0.171. The van der Waals surface area contributed by atoms with Crippen molar-refractivity contribution in [2.75, 3.05) is 0 Å². The van der Waals surface area contributed by atoms with Crippen LogP contribution in [0, 0.1) is 6.92 Å². The summed E-state index contributed by atoms with van der Waals surface area (Å²) in [5.41, 5.74) is 1.32. The van der Waals surface area contributed by atoms with Crippen molar-refractivity contribution in [3.05, 3.63) is 29.8 Å². The summed E-state index contributed by atoms with van der Waals surface area (Å²) in [6, 6.07) is 8.65. The summed E-state index contributed by atoms with van der Waals surface area (Å²) >= 11 is 5.60. The average molecular weight is 243 g/mol. The molecule has 1 rings (SSSR count). The summed E-state index contributed by atoms with van der Waals surface area (Å²) in [6.07, 6.45) is 1.03. The van der Waals surface area contributed by atoms with Crippen molar-refractivity contribution < 1.29 is 0 Å². The van der Waals surface area contributed by atoms with Gasteiger partial charge < -0.3 is 0 Å². The van der Waals surface area contributed by atoms with Gasteiger partial charge in [0.15, 0.2) is 0 Å². The molecule has 0 bridgehead atoms. The number of aryl methyl sites for hydroxylation is 1. The van der Waals surface area contributed by atoms with Crippen molar-refractivity contribution in [1.82, 2.24) is 0 Å². The minimum absolute atomic E-state index is 0.401. The molecule has 0 aliphatic heterocycles. The number of hydrogen-bond acceptors (Lipinski definition) is 1. The molecule has 64 valence electrons. The van der Waals surface area contributed by atoms with E-state index in [0.29, 0.717) is 15.0 Å². The predicted octanol–water partition coefficient (Wildman–Crippen LogP) is 2.06. The van der Waals surface area contributed by atoms with Crippen molar-refractivity contribution in [2.45, 2.75) is 20.3 Å². The first-order valence-corrected chi connectivity index (χ1v) is 6.12. The van der Waals surface area contributed by atoms with E-state index in [0.717, 1.165) is 6.42 Å². The third-order valence-electron chi connectivity index (χ3n) is 1.54. The monoisotopic (exact) mass is 244 g/mol. The maximum absolute atomic E-state index is 5.20. The van der Waals surface area contributed by atoms with E-state index < -0.39 is 0 Å². The standard InChI is InChI=1S/C10H12SSe/c1-3-10(11)12-9-6-4-8(2)5-7-9/h4-7H,3H2,1-2H3. The molecule has 1 aromatic carbocycles. The van der Waals surface area contributed by atoms with E-state index in [4.69, 9.17) is 12.2 Å². The number of rotatable bonds is 3. The third-order valence-corrected chi connectivity index (χ3v) is 4.41. The summed E-state index contributed by atoms with van der Waals surface area (Å²) in [5.74, 6) is 0. The van der Waals surface area contributed by atoms with Gasteiger partial charge in [0.1, 0.15) is 0 Å². The second kappa shape index (κ2) is 4.76. The van der Waals surface area contributed by atoms with Crippen molar-refractivity contribution in [2.24, 2.45) is 0 Å².